The molecule has 0 amide bonds. The summed E-state index contributed by atoms with van der Waals surface area (Å²) in [7, 11) is -4.57. The number of halogens is 7. The highest BCUT2D eigenvalue weighted by atomic mass is 32.2. The lowest BCUT2D eigenvalue weighted by molar-refractivity contribution is -0.376. The molecule has 2 aromatic carbocycles. The van der Waals surface area contributed by atoms with E-state index in [4.69, 9.17) is 0 Å². The largest absolute Gasteiger partial charge is 0.430 e. The number of aliphatic hydroxyl groups is 1. The van der Waals surface area contributed by atoms with Crippen molar-refractivity contribution in [2.75, 3.05) is 4.31 Å². The van der Waals surface area contributed by atoms with E-state index in [0.29, 0.717) is 12.1 Å². The van der Waals surface area contributed by atoms with Crippen LogP contribution in [0.1, 0.15) is 55.7 Å². The first-order chi connectivity index (χ1) is 20.5. The Morgan fingerprint density at radius 3 is 2.25 bits per heavy atom. The summed E-state index contributed by atoms with van der Waals surface area (Å²) >= 11 is 0. The molecule has 3 aromatic rings. The number of benzene rings is 2. The molecule has 0 spiro atoms. The average molecular weight is 648 g/mol. The number of fused-ring (bicyclic) bond motifs is 1. The quantitative estimate of drug-likeness (QED) is 0.293. The van der Waals surface area contributed by atoms with E-state index in [9.17, 15) is 49.1 Å². The Kier molecular flexibility index (Phi) is 8.33. The number of alkyl halides is 6. The molecule has 3 atom stereocenters. The predicted molar refractivity (Wildman–Crippen MR) is 143 cm³/mol. The van der Waals surface area contributed by atoms with Crippen LogP contribution in [0, 0.1) is 11.7 Å². The van der Waals surface area contributed by atoms with Crippen molar-refractivity contribution in [3.8, 4) is 0 Å². The van der Waals surface area contributed by atoms with E-state index in [-0.39, 0.29) is 59.6 Å². The minimum absolute atomic E-state index is 0.0281. The van der Waals surface area contributed by atoms with Gasteiger partial charge in [0.1, 0.15) is 11.6 Å². The van der Waals surface area contributed by atoms with E-state index >= 15 is 0 Å². The van der Waals surface area contributed by atoms with Gasteiger partial charge in [0.25, 0.3) is 15.6 Å². The number of nitrogens with zero attached hydrogens (tertiary/aromatic N) is 3. The summed E-state index contributed by atoms with van der Waals surface area (Å²) in [6, 6.07) is 4.41. The Morgan fingerprint density at radius 2 is 1.64 bits per heavy atom. The Bertz CT molecular complexity index is 1590. The number of Topliss-reactive ketones (excluding diaryl/α,β-unsaturated/α-hetero) is 1. The van der Waals surface area contributed by atoms with Crippen molar-refractivity contribution in [2.24, 2.45) is 5.92 Å². The number of imidazole rings is 1. The molecule has 5 rings (SSSR count). The summed E-state index contributed by atoms with van der Waals surface area (Å²) in [6.45, 7) is 0. The lowest BCUT2D eigenvalue weighted by Crippen LogP contribution is -2.54. The normalized spacial score (nSPS) is 21.4. The van der Waals surface area contributed by atoms with Gasteiger partial charge in [-0.05, 0) is 67.5 Å². The monoisotopic (exact) mass is 647 g/mol. The van der Waals surface area contributed by atoms with E-state index in [0.717, 1.165) is 53.9 Å². The van der Waals surface area contributed by atoms with Gasteiger partial charge in [0, 0.05) is 36.8 Å². The van der Waals surface area contributed by atoms with Crippen molar-refractivity contribution >= 4 is 21.5 Å². The first-order valence-corrected chi connectivity index (χ1v) is 15.3. The molecule has 2 heterocycles. The Labute approximate surface area is 248 Å². The zero-order chi connectivity index (χ0) is 32.1. The zero-order valence-corrected chi connectivity index (χ0v) is 23.8. The maximum atomic E-state index is 13.9. The number of hydrogen-bond donors (Lipinski definition) is 1. The van der Waals surface area contributed by atoms with Gasteiger partial charge in [0.05, 0.1) is 23.0 Å². The van der Waals surface area contributed by atoms with Gasteiger partial charge in [-0.2, -0.15) is 26.3 Å². The second-order valence-corrected chi connectivity index (χ2v) is 13.0. The highest BCUT2D eigenvalue weighted by molar-refractivity contribution is 7.92. The minimum atomic E-state index is -6.13. The third kappa shape index (κ3) is 5.71. The number of ketones is 1. The summed E-state index contributed by atoms with van der Waals surface area (Å²) in [5.74, 6) is -1.02. The van der Waals surface area contributed by atoms with Crippen molar-refractivity contribution < 1.29 is 49.1 Å². The number of rotatable bonds is 8. The number of carbonyl (C=O) groups excluding carboxylic acids is 1. The molecule has 2 aliphatic rings. The molecule has 44 heavy (non-hydrogen) atoms. The smallest absolute Gasteiger partial charge is 0.369 e. The molecule has 1 saturated carbocycles. The molecule has 1 fully saturated rings. The standard InChI is InChI=1S/C29H28F7N3O4S/c30-21-6-9-24(10-7-21)44(42,43)39-22(16-23(40)15-18-2-1-3-25(18)38-13-12-37-17-38)8-4-19-14-20(5-11-26(19)39)27(41,28(31,32)33)29(34,35)36/h5-7,9-14,17-18,22,25,41H,1-4,8,15-16H2/t18-,22+,25-/m1/s1. The van der Waals surface area contributed by atoms with Crippen LogP contribution in [0.3, 0.4) is 0 Å². The van der Waals surface area contributed by atoms with Gasteiger partial charge >= 0.3 is 12.4 Å². The molecule has 0 radical (unpaired) electrons. The zero-order valence-electron chi connectivity index (χ0n) is 23.0. The lowest BCUT2D eigenvalue weighted by Gasteiger charge is -2.39. The average Bonchev–Trinajstić information content (AvgIpc) is 3.63. The third-order valence-electron chi connectivity index (χ3n) is 8.48. The molecule has 7 nitrogen and oxygen atoms in total. The van der Waals surface area contributed by atoms with Crippen molar-refractivity contribution in [3.63, 3.8) is 0 Å². The van der Waals surface area contributed by atoms with Gasteiger partial charge in [-0.1, -0.05) is 18.6 Å². The highest BCUT2D eigenvalue weighted by Crippen LogP contribution is 2.51. The number of aromatic nitrogens is 2. The summed E-state index contributed by atoms with van der Waals surface area (Å²) in [4.78, 5) is 17.0. The maximum Gasteiger partial charge on any atom is 0.430 e. The van der Waals surface area contributed by atoms with Crippen LogP contribution in [0.2, 0.25) is 0 Å². The van der Waals surface area contributed by atoms with Crippen LogP contribution in [-0.4, -0.2) is 47.3 Å². The molecule has 1 N–H and O–H groups in total. The minimum Gasteiger partial charge on any atom is -0.369 e. The molecule has 15 heteroatoms. The van der Waals surface area contributed by atoms with E-state index in [1.165, 1.54) is 0 Å². The van der Waals surface area contributed by atoms with Crippen LogP contribution < -0.4 is 4.31 Å². The van der Waals surface area contributed by atoms with Crippen LogP contribution in [0.5, 0.6) is 0 Å². The fourth-order valence-electron chi connectivity index (χ4n) is 6.33. The number of aryl methyl sites for hydroxylation is 1. The number of anilines is 1. The number of carbonyl (C=O) groups is 1. The molecule has 0 bridgehead atoms. The fourth-order valence-corrected chi connectivity index (χ4v) is 8.05. The molecule has 1 aliphatic carbocycles. The number of sulfonamides is 1. The second kappa shape index (κ2) is 11.5. The first kappa shape index (κ1) is 31.9. The summed E-state index contributed by atoms with van der Waals surface area (Å²) in [6.07, 6.45) is -5.07. The van der Waals surface area contributed by atoms with Crippen LogP contribution in [0.25, 0.3) is 0 Å². The second-order valence-electron chi connectivity index (χ2n) is 11.2. The molecule has 0 unspecified atom stereocenters. The van der Waals surface area contributed by atoms with Gasteiger partial charge in [-0.25, -0.2) is 17.8 Å². The molecule has 1 aromatic heterocycles. The molecule has 1 aliphatic heterocycles. The lowest BCUT2D eigenvalue weighted by atomic mass is 9.86. The third-order valence-corrected chi connectivity index (χ3v) is 10.4. The molecule has 0 saturated heterocycles. The summed E-state index contributed by atoms with van der Waals surface area (Å²) in [5.41, 5.74) is -7.14. The van der Waals surface area contributed by atoms with Crippen LogP contribution in [0.4, 0.5) is 36.4 Å². The van der Waals surface area contributed by atoms with E-state index in [1.54, 1.807) is 18.7 Å². The van der Waals surface area contributed by atoms with Gasteiger partial charge in [0.15, 0.2) is 0 Å². The van der Waals surface area contributed by atoms with Gasteiger partial charge in [-0.3, -0.25) is 9.10 Å². The number of hydrogen-bond acceptors (Lipinski definition) is 5. The van der Waals surface area contributed by atoms with E-state index in [1.807, 2.05) is 4.57 Å². The molecular weight excluding hydrogens is 619 g/mol. The molecule has 238 valence electrons. The Balaban J connectivity index is 1.50. The van der Waals surface area contributed by atoms with Crippen LogP contribution in [0.15, 0.2) is 66.1 Å². The van der Waals surface area contributed by atoms with Gasteiger partial charge in [-0.15, -0.1) is 0 Å². The van der Waals surface area contributed by atoms with Crippen molar-refractivity contribution in [1.29, 1.82) is 0 Å². The van der Waals surface area contributed by atoms with Gasteiger partial charge < -0.3 is 9.67 Å². The predicted octanol–water partition coefficient (Wildman–Crippen LogP) is 6.24. The highest BCUT2D eigenvalue weighted by Gasteiger charge is 2.71. The molecular formula is C29H28F7N3O4S. The Hall–Kier alpha value is -3.46. The first-order valence-electron chi connectivity index (χ1n) is 13.8. The van der Waals surface area contributed by atoms with Crippen LogP contribution in [-0.2, 0) is 26.8 Å². The SMILES string of the molecule is O=C(C[C@H]1CCC[C@H]1n1ccnc1)C[C@@H]1CCc2cc(C(O)(C(F)(F)F)C(F)(F)F)ccc2N1S(=O)(=O)c1ccc(F)cc1. The van der Waals surface area contributed by atoms with E-state index in [2.05, 4.69) is 4.98 Å². The maximum absolute atomic E-state index is 13.9. The Morgan fingerprint density at radius 1 is 0.955 bits per heavy atom. The van der Waals surface area contributed by atoms with E-state index < -0.39 is 45.4 Å². The van der Waals surface area contributed by atoms with Crippen molar-refractivity contribution in [1.82, 2.24) is 9.55 Å². The van der Waals surface area contributed by atoms with Crippen LogP contribution >= 0.6 is 0 Å². The fraction of sp³-hybridized carbons (Fsp3) is 0.448. The summed E-state index contributed by atoms with van der Waals surface area (Å²) < 4.78 is 126. The van der Waals surface area contributed by atoms with Crippen molar-refractivity contribution in [2.45, 2.75) is 79.9 Å². The van der Waals surface area contributed by atoms with Gasteiger partial charge in [0.2, 0.25) is 0 Å². The summed E-state index contributed by atoms with van der Waals surface area (Å²) in [5, 5.41) is 9.92. The topological polar surface area (TPSA) is 92.5 Å². The van der Waals surface area contributed by atoms with Crippen molar-refractivity contribution in [3.05, 3.63) is 78.1 Å².